The van der Waals surface area contributed by atoms with Crippen LogP contribution < -0.4 is 15.5 Å². The van der Waals surface area contributed by atoms with E-state index in [4.69, 9.17) is 11.6 Å². The molecule has 0 spiro atoms. The van der Waals surface area contributed by atoms with Gasteiger partial charge in [-0.15, -0.1) is 11.6 Å². The summed E-state index contributed by atoms with van der Waals surface area (Å²) < 4.78 is 0. The van der Waals surface area contributed by atoms with Crippen LogP contribution in [0.4, 0.5) is 16.2 Å². The minimum Gasteiger partial charge on any atom is -0.371 e. The van der Waals surface area contributed by atoms with Gasteiger partial charge in [0.1, 0.15) is 5.88 Å². The summed E-state index contributed by atoms with van der Waals surface area (Å²) in [6.07, 6.45) is 2.04. The first-order valence-corrected chi connectivity index (χ1v) is 11.9. The zero-order chi connectivity index (χ0) is 22.8. The molecule has 168 valence electrons. The Balaban J connectivity index is 1.61. The number of rotatable bonds is 4. The highest BCUT2D eigenvalue weighted by Gasteiger charge is 2.35. The second-order valence-corrected chi connectivity index (χ2v) is 8.90. The quantitative estimate of drug-likeness (QED) is 0.510. The van der Waals surface area contributed by atoms with Crippen molar-refractivity contribution in [2.75, 3.05) is 29.2 Å². The molecule has 0 aromatic heterocycles. The average Bonchev–Trinajstić information content (AvgIpc) is 2.85. The number of nitrogens with one attached hydrogen (secondary N) is 2. The fourth-order valence-corrected chi connectivity index (χ4v) is 5.32. The number of anilines is 2. The molecule has 2 unspecified atom stereocenters. The van der Waals surface area contributed by atoms with Crippen molar-refractivity contribution in [3.63, 3.8) is 0 Å². The van der Waals surface area contributed by atoms with Crippen molar-refractivity contribution >= 4 is 34.9 Å². The molecule has 0 fully saturated rings. The first kappa shape index (κ1) is 21.5. The lowest BCUT2D eigenvalue weighted by molar-refractivity contribution is -0.117. The van der Waals surface area contributed by atoms with Gasteiger partial charge in [0.2, 0.25) is 5.91 Å². The first-order chi connectivity index (χ1) is 16.1. The second-order valence-electron chi connectivity index (χ2n) is 8.63. The van der Waals surface area contributed by atoms with Crippen LogP contribution in [0.3, 0.4) is 0 Å². The lowest BCUT2D eigenvalue weighted by Gasteiger charge is -2.43. The molecule has 6 heteroatoms. The van der Waals surface area contributed by atoms with Crippen LogP contribution in [0.15, 0.2) is 72.8 Å². The molecule has 3 aromatic carbocycles. The van der Waals surface area contributed by atoms with E-state index in [0.29, 0.717) is 5.69 Å². The van der Waals surface area contributed by atoms with Crippen LogP contribution >= 0.6 is 11.6 Å². The van der Waals surface area contributed by atoms with E-state index in [1.807, 2.05) is 12.1 Å². The fraction of sp³-hybridized carbons (Fsp3) is 0.259. The van der Waals surface area contributed by atoms with Crippen molar-refractivity contribution in [2.24, 2.45) is 0 Å². The molecule has 33 heavy (non-hydrogen) atoms. The Morgan fingerprint density at radius 2 is 1.36 bits per heavy atom. The van der Waals surface area contributed by atoms with Crippen molar-refractivity contribution in [1.29, 1.82) is 0 Å². The number of hydrogen-bond acceptors (Lipinski definition) is 3. The van der Waals surface area contributed by atoms with Crippen molar-refractivity contribution in [2.45, 2.75) is 24.7 Å². The van der Waals surface area contributed by atoms with Gasteiger partial charge < -0.3 is 10.2 Å². The summed E-state index contributed by atoms with van der Waals surface area (Å²) in [6.45, 7) is 2.02. The molecule has 3 amide bonds. The van der Waals surface area contributed by atoms with Gasteiger partial charge in [-0.3, -0.25) is 10.1 Å². The van der Waals surface area contributed by atoms with Crippen LogP contribution in [0.25, 0.3) is 0 Å². The number of carbonyl (C=O) groups is 2. The summed E-state index contributed by atoms with van der Waals surface area (Å²) in [5.74, 6) is -0.284. The van der Waals surface area contributed by atoms with Gasteiger partial charge in [0.15, 0.2) is 0 Å². The summed E-state index contributed by atoms with van der Waals surface area (Å²) in [5.41, 5.74) is 6.99. The zero-order valence-corrected chi connectivity index (χ0v) is 19.0. The smallest absolute Gasteiger partial charge is 0.325 e. The third kappa shape index (κ3) is 4.33. The third-order valence-corrected chi connectivity index (χ3v) is 6.89. The van der Waals surface area contributed by atoms with Crippen molar-refractivity contribution in [3.05, 3.63) is 95.1 Å². The molecule has 3 aromatic rings. The Labute approximate surface area is 198 Å². The number of imide groups is 1. The van der Waals surface area contributed by atoms with Crippen LogP contribution in [0, 0.1) is 0 Å². The van der Waals surface area contributed by atoms with Gasteiger partial charge >= 0.3 is 6.03 Å². The van der Waals surface area contributed by atoms with E-state index in [-0.39, 0.29) is 17.7 Å². The Bertz CT molecular complexity index is 1090. The molecule has 0 bridgehead atoms. The molecular formula is C27H26ClN3O2. The number of urea groups is 1. The van der Waals surface area contributed by atoms with Gasteiger partial charge in [0.25, 0.3) is 0 Å². The number of alkyl halides is 1. The van der Waals surface area contributed by atoms with E-state index in [1.54, 1.807) is 0 Å². The van der Waals surface area contributed by atoms with E-state index < -0.39 is 11.9 Å². The Kier molecular flexibility index (Phi) is 6.05. The molecular weight excluding hydrogens is 434 g/mol. The maximum atomic E-state index is 12.4. The summed E-state index contributed by atoms with van der Waals surface area (Å²) in [5, 5.41) is 5.14. The molecule has 2 N–H and O–H groups in total. The van der Waals surface area contributed by atoms with Gasteiger partial charge in [-0.2, -0.15) is 0 Å². The van der Waals surface area contributed by atoms with E-state index in [9.17, 15) is 9.59 Å². The SMILES string of the molecule is O=C(CCl)NC(=O)Nc1cc2c3c(c1)C(c1ccccc1)CCN3CCC2c1ccccc1. The fourth-order valence-electron chi connectivity index (χ4n) is 5.25. The van der Waals surface area contributed by atoms with Crippen LogP contribution in [0.5, 0.6) is 0 Å². The molecule has 2 aliphatic heterocycles. The van der Waals surface area contributed by atoms with Crippen molar-refractivity contribution in [3.8, 4) is 0 Å². The van der Waals surface area contributed by atoms with E-state index in [0.717, 1.165) is 25.9 Å². The van der Waals surface area contributed by atoms with Gasteiger partial charge in [-0.05, 0) is 47.2 Å². The van der Waals surface area contributed by atoms with Crippen molar-refractivity contribution < 1.29 is 9.59 Å². The van der Waals surface area contributed by atoms with Gasteiger partial charge in [-0.1, -0.05) is 60.7 Å². The van der Waals surface area contributed by atoms with E-state index in [1.165, 1.54) is 27.9 Å². The lowest BCUT2D eigenvalue weighted by Crippen LogP contribution is -2.38. The van der Waals surface area contributed by atoms with Gasteiger partial charge in [-0.25, -0.2) is 4.79 Å². The zero-order valence-electron chi connectivity index (χ0n) is 18.3. The Morgan fingerprint density at radius 1 is 0.848 bits per heavy atom. The van der Waals surface area contributed by atoms with Gasteiger partial charge in [0, 0.05) is 36.3 Å². The topological polar surface area (TPSA) is 61.4 Å². The van der Waals surface area contributed by atoms with E-state index in [2.05, 4.69) is 76.2 Å². The molecule has 2 atom stereocenters. The Hall–Kier alpha value is -3.31. The van der Waals surface area contributed by atoms with Crippen LogP contribution in [-0.2, 0) is 4.79 Å². The normalized spacial score (nSPS) is 18.9. The summed E-state index contributed by atoms with van der Waals surface area (Å²) in [6, 6.07) is 24.7. The number of benzene rings is 3. The number of nitrogens with zero attached hydrogens (tertiary/aromatic N) is 1. The predicted molar refractivity (Wildman–Crippen MR) is 132 cm³/mol. The van der Waals surface area contributed by atoms with Crippen LogP contribution in [0.1, 0.15) is 46.9 Å². The molecule has 0 aliphatic carbocycles. The predicted octanol–water partition coefficient (Wildman–Crippen LogP) is 5.45. The monoisotopic (exact) mass is 459 g/mol. The van der Waals surface area contributed by atoms with Crippen molar-refractivity contribution in [1.82, 2.24) is 5.32 Å². The number of halogens is 1. The summed E-state index contributed by atoms with van der Waals surface area (Å²) >= 11 is 5.54. The summed E-state index contributed by atoms with van der Waals surface area (Å²) in [7, 11) is 0. The molecule has 0 saturated carbocycles. The molecule has 2 aliphatic rings. The largest absolute Gasteiger partial charge is 0.371 e. The third-order valence-electron chi connectivity index (χ3n) is 6.65. The number of hydrogen-bond donors (Lipinski definition) is 2. The maximum absolute atomic E-state index is 12.4. The lowest BCUT2D eigenvalue weighted by atomic mass is 9.76. The highest BCUT2D eigenvalue weighted by atomic mass is 35.5. The second kappa shape index (κ2) is 9.28. The Morgan fingerprint density at radius 3 is 1.85 bits per heavy atom. The molecule has 5 rings (SSSR count). The standard InChI is InChI=1S/C27H26ClN3O2/c28-17-25(32)30-27(33)29-20-15-23-21(18-7-3-1-4-8-18)11-13-31-14-12-22(24(16-20)26(23)31)19-9-5-2-6-10-19/h1-10,15-16,21-22H,11-14,17H2,(H2,29,30,32,33). The van der Waals surface area contributed by atoms with Crippen LogP contribution in [0.2, 0.25) is 0 Å². The highest BCUT2D eigenvalue weighted by molar-refractivity contribution is 6.28. The molecule has 5 nitrogen and oxygen atoms in total. The number of carbonyl (C=O) groups excluding carboxylic acids is 2. The minimum absolute atomic E-state index is 0.250. The number of amides is 3. The summed E-state index contributed by atoms with van der Waals surface area (Å²) in [4.78, 5) is 26.5. The molecule has 0 saturated heterocycles. The average molecular weight is 460 g/mol. The maximum Gasteiger partial charge on any atom is 0.325 e. The molecule has 2 heterocycles. The van der Waals surface area contributed by atoms with Gasteiger partial charge in [0.05, 0.1) is 0 Å². The first-order valence-electron chi connectivity index (χ1n) is 11.3. The molecule has 0 radical (unpaired) electrons. The van der Waals surface area contributed by atoms with Crippen LogP contribution in [-0.4, -0.2) is 30.9 Å². The minimum atomic E-state index is -0.566. The van der Waals surface area contributed by atoms with E-state index >= 15 is 0 Å². The highest BCUT2D eigenvalue weighted by Crippen LogP contribution is 2.49.